The molecule has 4 rings (SSSR count). The Kier molecular flexibility index (Phi) is 8.70. The van der Waals surface area contributed by atoms with Crippen molar-refractivity contribution in [2.75, 3.05) is 35.6 Å². The summed E-state index contributed by atoms with van der Waals surface area (Å²) in [6.45, 7) is 3.31. The molecular formula is C27H31N7O4. The number of benzene rings is 2. The highest BCUT2D eigenvalue weighted by atomic mass is 16.6. The molecule has 0 bridgehead atoms. The Labute approximate surface area is 220 Å². The minimum absolute atomic E-state index is 0.134. The van der Waals surface area contributed by atoms with Gasteiger partial charge in [-0.05, 0) is 42.5 Å². The van der Waals surface area contributed by atoms with Gasteiger partial charge in [-0.2, -0.15) is 4.98 Å². The monoisotopic (exact) mass is 517 g/mol. The van der Waals surface area contributed by atoms with E-state index in [2.05, 4.69) is 25.9 Å². The molecule has 1 atom stereocenters. The second-order valence-corrected chi connectivity index (χ2v) is 9.08. The van der Waals surface area contributed by atoms with E-state index in [1.165, 1.54) is 13.1 Å². The van der Waals surface area contributed by atoms with Crippen LogP contribution in [0.25, 0.3) is 0 Å². The predicted octanol–water partition coefficient (Wildman–Crippen LogP) is 3.74. The third kappa shape index (κ3) is 7.42. The predicted molar refractivity (Wildman–Crippen MR) is 144 cm³/mol. The van der Waals surface area contributed by atoms with Crippen LogP contribution in [0.2, 0.25) is 0 Å². The molecule has 2 heterocycles. The molecular weight excluding hydrogens is 486 g/mol. The lowest BCUT2D eigenvalue weighted by molar-refractivity contribution is -0.114. The van der Waals surface area contributed by atoms with Gasteiger partial charge in [0.25, 0.3) is 5.91 Å². The van der Waals surface area contributed by atoms with Crippen molar-refractivity contribution in [3.63, 3.8) is 0 Å². The number of piperidine rings is 1. The molecule has 1 saturated heterocycles. The van der Waals surface area contributed by atoms with E-state index in [1.807, 2.05) is 30.3 Å². The smallest absolute Gasteiger partial charge is 0.410 e. The van der Waals surface area contributed by atoms with Crippen LogP contribution < -0.4 is 21.7 Å². The Hall–Kier alpha value is -4.67. The van der Waals surface area contributed by atoms with E-state index < -0.39 is 5.91 Å². The maximum atomic E-state index is 12.6. The van der Waals surface area contributed by atoms with E-state index in [0.717, 1.165) is 18.4 Å². The maximum absolute atomic E-state index is 12.6. The van der Waals surface area contributed by atoms with Gasteiger partial charge < -0.3 is 31.3 Å². The van der Waals surface area contributed by atoms with Crippen molar-refractivity contribution in [2.45, 2.75) is 26.4 Å². The van der Waals surface area contributed by atoms with Crippen LogP contribution in [0.4, 0.5) is 27.9 Å². The Morgan fingerprint density at radius 2 is 1.89 bits per heavy atom. The summed E-state index contributed by atoms with van der Waals surface area (Å²) in [7, 11) is 0. The topological polar surface area (TPSA) is 152 Å². The molecule has 11 heteroatoms. The molecule has 0 saturated carbocycles. The van der Waals surface area contributed by atoms with Gasteiger partial charge >= 0.3 is 6.09 Å². The number of carbonyl (C=O) groups excluding carboxylic acids is 3. The third-order valence-electron chi connectivity index (χ3n) is 6.03. The normalized spacial score (nSPS) is 14.9. The van der Waals surface area contributed by atoms with E-state index >= 15 is 0 Å². The van der Waals surface area contributed by atoms with Crippen LogP contribution in [0, 0.1) is 5.92 Å². The summed E-state index contributed by atoms with van der Waals surface area (Å²) >= 11 is 0. The number of likely N-dealkylation sites (tertiary alicyclic amines) is 1. The summed E-state index contributed by atoms with van der Waals surface area (Å²) in [6.07, 6.45) is 2.78. The number of carbonyl (C=O) groups is 3. The summed E-state index contributed by atoms with van der Waals surface area (Å²) in [6, 6.07) is 16.6. The van der Waals surface area contributed by atoms with Crippen LogP contribution in [0.1, 0.15) is 35.7 Å². The molecule has 5 N–H and O–H groups in total. The van der Waals surface area contributed by atoms with Gasteiger partial charge in [0.05, 0.1) is 5.56 Å². The Balaban J connectivity index is 1.37. The number of rotatable bonds is 9. The zero-order valence-corrected chi connectivity index (χ0v) is 21.1. The third-order valence-corrected chi connectivity index (χ3v) is 6.03. The molecule has 1 aliphatic rings. The average Bonchev–Trinajstić information content (AvgIpc) is 2.91. The van der Waals surface area contributed by atoms with Crippen LogP contribution >= 0.6 is 0 Å². The minimum atomic E-state index is -0.651. The number of nitrogens with zero attached hydrogens (tertiary/aromatic N) is 3. The number of hydrogen-bond donors (Lipinski definition) is 4. The molecule has 38 heavy (non-hydrogen) atoms. The van der Waals surface area contributed by atoms with Crippen molar-refractivity contribution in [2.24, 2.45) is 11.7 Å². The summed E-state index contributed by atoms with van der Waals surface area (Å²) in [5.41, 5.74) is 7.93. The highest BCUT2D eigenvalue weighted by Gasteiger charge is 2.25. The molecule has 3 amide bonds. The maximum Gasteiger partial charge on any atom is 0.410 e. The number of ether oxygens (including phenoxy) is 1. The summed E-state index contributed by atoms with van der Waals surface area (Å²) in [5.74, 6) is -0.138. The van der Waals surface area contributed by atoms with Gasteiger partial charge in [0.1, 0.15) is 12.4 Å². The summed E-state index contributed by atoms with van der Waals surface area (Å²) in [4.78, 5) is 46.3. The van der Waals surface area contributed by atoms with Gasteiger partial charge in [-0.3, -0.25) is 9.59 Å². The number of nitrogens with two attached hydrogens (primary N) is 1. The number of aromatic nitrogens is 2. The first-order chi connectivity index (χ1) is 18.4. The fourth-order valence-electron chi connectivity index (χ4n) is 4.21. The van der Waals surface area contributed by atoms with Gasteiger partial charge in [-0.1, -0.05) is 36.4 Å². The molecule has 0 aliphatic carbocycles. The number of primary amides is 1. The molecule has 11 nitrogen and oxygen atoms in total. The van der Waals surface area contributed by atoms with Gasteiger partial charge in [-0.15, -0.1) is 0 Å². The van der Waals surface area contributed by atoms with Gasteiger partial charge in [0, 0.05) is 44.1 Å². The molecule has 0 spiro atoms. The quantitative estimate of drug-likeness (QED) is 0.335. The second kappa shape index (κ2) is 12.5. The lowest BCUT2D eigenvalue weighted by atomic mass is 9.98. The fraction of sp³-hybridized carbons (Fsp3) is 0.296. The van der Waals surface area contributed by atoms with Gasteiger partial charge in [0.2, 0.25) is 11.9 Å². The summed E-state index contributed by atoms with van der Waals surface area (Å²) in [5, 5.41) is 9.01. The van der Waals surface area contributed by atoms with Crippen molar-refractivity contribution in [3.8, 4) is 0 Å². The van der Waals surface area contributed by atoms with E-state index in [9.17, 15) is 14.4 Å². The lowest BCUT2D eigenvalue weighted by Gasteiger charge is -2.32. The first-order valence-corrected chi connectivity index (χ1v) is 12.4. The van der Waals surface area contributed by atoms with Crippen molar-refractivity contribution >= 4 is 41.0 Å². The van der Waals surface area contributed by atoms with E-state index in [0.29, 0.717) is 36.8 Å². The molecule has 1 aliphatic heterocycles. The van der Waals surface area contributed by atoms with Crippen LogP contribution in [0.15, 0.2) is 60.8 Å². The van der Waals surface area contributed by atoms with E-state index in [-0.39, 0.29) is 36.0 Å². The molecule has 3 aromatic rings. The number of anilines is 4. The standard InChI is InChI=1S/C27H31N7O4/c1-18(35)31-21-10-5-11-22(13-21)32-26-30-15-23(24(28)36)25(33-26)29-14-20-9-6-12-34(16-20)27(37)38-17-19-7-3-2-4-8-19/h2-5,7-8,10-11,13,15,20H,6,9,12,14,16-17H2,1H3,(H2,28,36)(H,31,35)(H2,29,30,32,33). The van der Waals surface area contributed by atoms with Gasteiger partial charge in [0.15, 0.2) is 0 Å². The average molecular weight is 518 g/mol. The Morgan fingerprint density at radius 1 is 1.11 bits per heavy atom. The number of nitrogens with one attached hydrogen (secondary N) is 3. The second-order valence-electron chi connectivity index (χ2n) is 9.08. The van der Waals surface area contributed by atoms with Crippen molar-refractivity contribution in [1.82, 2.24) is 14.9 Å². The van der Waals surface area contributed by atoms with E-state index in [1.54, 1.807) is 29.2 Å². The highest BCUT2D eigenvalue weighted by molar-refractivity contribution is 5.97. The largest absolute Gasteiger partial charge is 0.445 e. The fourth-order valence-corrected chi connectivity index (χ4v) is 4.21. The number of hydrogen-bond acceptors (Lipinski definition) is 8. The van der Waals surface area contributed by atoms with Crippen LogP contribution in [-0.2, 0) is 16.1 Å². The summed E-state index contributed by atoms with van der Waals surface area (Å²) < 4.78 is 5.48. The highest BCUT2D eigenvalue weighted by Crippen LogP contribution is 2.22. The van der Waals surface area contributed by atoms with Crippen LogP contribution in [0.3, 0.4) is 0 Å². The zero-order valence-electron chi connectivity index (χ0n) is 21.1. The zero-order chi connectivity index (χ0) is 26.9. The molecule has 198 valence electrons. The molecule has 0 radical (unpaired) electrons. The van der Waals surface area contributed by atoms with Crippen molar-refractivity contribution < 1.29 is 19.1 Å². The Bertz CT molecular complexity index is 1290. The molecule has 1 aromatic heterocycles. The molecule has 2 aromatic carbocycles. The van der Waals surface area contributed by atoms with Gasteiger partial charge in [-0.25, -0.2) is 9.78 Å². The van der Waals surface area contributed by atoms with Crippen molar-refractivity contribution in [1.29, 1.82) is 0 Å². The number of amides is 3. The van der Waals surface area contributed by atoms with Crippen molar-refractivity contribution in [3.05, 3.63) is 71.9 Å². The molecule has 1 unspecified atom stereocenters. The lowest BCUT2D eigenvalue weighted by Crippen LogP contribution is -2.42. The minimum Gasteiger partial charge on any atom is -0.445 e. The molecule has 1 fully saturated rings. The SMILES string of the molecule is CC(=O)Nc1cccc(Nc2ncc(C(N)=O)c(NCC3CCCN(C(=O)OCc4ccccc4)C3)n2)c1. The first-order valence-electron chi connectivity index (χ1n) is 12.4. The Morgan fingerprint density at radius 3 is 2.66 bits per heavy atom. The van der Waals surface area contributed by atoms with E-state index in [4.69, 9.17) is 10.5 Å². The van der Waals surface area contributed by atoms with Crippen LogP contribution in [0.5, 0.6) is 0 Å². The van der Waals surface area contributed by atoms with Crippen LogP contribution in [-0.4, -0.2) is 52.4 Å². The first kappa shape index (κ1) is 26.4.